The van der Waals surface area contributed by atoms with Crippen LogP contribution in [0.5, 0.6) is 0 Å². The van der Waals surface area contributed by atoms with E-state index in [2.05, 4.69) is 26.2 Å². The third kappa shape index (κ3) is 6.18. The lowest BCUT2D eigenvalue weighted by atomic mass is 10.2. The molecule has 2 heterocycles. The first-order valence-electron chi connectivity index (χ1n) is 8.23. The number of thioether (sulfide) groups is 2. The van der Waals surface area contributed by atoms with Gasteiger partial charge in [0.15, 0.2) is 9.49 Å². The first-order chi connectivity index (χ1) is 13.7. The smallest absolute Gasteiger partial charge is 0.326 e. The largest absolute Gasteiger partial charge is 0.416 e. The molecule has 2 aliphatic rings. The zero-order valence-corrected chi connectivity index (χ0v) is 17.0. The van der Waals surface area contributed by atoms with Crippen molar-refractivity contribution in [2.24, 2.45) is 10.1 Å². The van der Waals surface area contributed by atoms with Gasteiger partial charge in [0.1, 0.15) is 11.1 Å². The van der Waals surface area contributed by atoms with Gasteiger partial charge in [-0.3, -0.25) is 15.0 Å². The number of rotatable bonds is 4. The van der Waals surface area contributed by atoms with Crippen molar-refractivity contribution < 1.29 is 22.8 Å². The minimum atomic E-state index is -4.51. The highest BCUT2D eigenvalue weighted by Gasteiger charge is 2.33. The lowest BCUT2D eigenvalue weighted by molar-refractivity contribution is -0.137. The number of anilines is 1. The van der Waals surface area contributed by atoms with Crippen molar-refractivity contribution in [3.63, 3.8) is 0 Å². The summed E-state index contributed by atoms with van der Waals surface area (Å²) in [4.78, 5) is 28.3. The molecule has 13 heteroatoms. The van der Waals surface area contributed by atoms with Crippen LogP contribution in [-0.2, 0) is 15.8 Å². The Morgan fingerprint density at radius 2 is 2.21 bits per heavy atom. The van der Waals surface area contributed by atoms with E-state index < -0.39 is 28.8 Å². The van der Waals surface area contributed by atoms with Gasteiger partial charge >= 0.3 is 6.18 Å². The van der Waals surface area contributed by atoms with Crippen LogP contribution in [0, 0.1) is 0 Å². The summed E-state index contributed by atoms with van der Waals surface area (Å²) in [6, 6.07) is 4.29. The summed E-state index contributed by atoms with van der Waals surface area (Å²) < 4.78 is 38.8. The second kappa shape index (κ2) is 9.13. The fourth-order valence-corrected chi connectivity index (χ4v) is 4.31. The number of amidine groups is 2. The van der Waals surface area contributed by atoms with Gasteiger partial charge in [0.05, 0.1) is 5.56 Å². The summed E-state index contributed by atoms with van der Waals surface area (Å²) in [5.41, 5.74) is 1.88. The Labute approximate surface area is 177 Å². The fraction of sp³-hybridized carbons (Fsp3) is 0.312. The topological polar surface area (TPSA) is 94.9 Å². The van der Waals surface area contributed by atoms with Gasteiger partial charge in [0, 0.05) is 24.3 Å². The molecule has 0 bridgehead atoms. The number of hydrazone groups is 1. The molecule has 2 amide bonds. The molecule has 1 aromatic carbocycles. The molecule has 1 aromatic rings. The maximum Gasteiger partial charge on any atom is 0.416 e. The molecule has 0 aliphatic carbocycles. The Hall–Kier alpha value is -2.12. The lowest BCUT2D eigenvalue weighted by Crippen LogP contribution is -2.29. The quantitative estimate of drug-likeness (QED) is 0.472. The predicted octanol–water partition coefficient (Wildman–Crippen LogP) is 2.95. The maximum atomic E-state index is 12.8. The minimum absolute atomic E-state index is 0.00735. The highest BCUT2D eigenvalue weighted by molar-refractivity contribution is 8.23. The summed E-state index contributed by atoms with van der Waals surface area (Å²) in [5, 5.41) is 8.51. The molecule has 2 aliphatic heterocycles. The lowest BCUT2D eigenvalue weighted by Gasteiger charge is -2.11. The summed E-state index contributed by atoms with van der Waals surface area (Å²) in [6.45, 7) is 0. The molecule has 7 nitrogen and oxygen atoms in total. The van der Waals surface area contributed by atoms with Crippen LogP contribution in [0.2, 0.25) is 0 Å². The number of halogens is 3. The normalized spacial score (nSPS) is 21.0. The highest BCUT2D eigenvalue weighted by atomic mass is 32.2. The number of hydrogen-bond donors (Lipinski definition) is 3. The number of amides is 2. The third-order valence-corrected chi connectivity index (χ3v) is 5.97. The van der Waals surface area contributed by atoms with E-state index in [1.807, 2.05) is 0 Å². The van der Waals surface area contributed by atoms with Gasteiger partial charge in [-0.1, -0.05) is 41.8 Å². The fourth-order valence-electron chi connectivity index (χ4n) is 2.38. The summed E-state index contributed by atoms with van der Waals surface area (Å²) >= 11 is 7.52. The van der Waals surface area contributed by atoms with E-state index in [0.29, 0.717) is 16.6 Å². The molecule has 3 rings (SSSR count). The average Bonchev–Trinajstić information content (AvgIpc) is 2.99. The van der Waals surface area contributed by atoms with E-state index in [4.69, 9.17) is 12.2 Å². The second-order valence-electron chi connectivity index (χ2n) is 5.88. The van der Waals surface area contributed by atoms with Gasteiger partial charge in [0.2, 0.25) is 11.8 Å². The van der Waals surface area contributed by atoms with E-state index in [1.54, 1.807) is 0 Å². The molecule has 3 N–H and O–H groups in total. The molecule has 1 fully saturated rings. The van der Waals surface area contributed by atoms with Gasteiger partial charge in [-0.25, -0.2) is 4.99 Å². The van der Waals surface area contributed by atoms with Crippen molar-refractivity contribution in [3.05, 3.63) is 29.8 Å². The van der Waals surface area contributed by atoms with E-state index in [9.17, 15) is 22.8 Å². The zero-order chi connectivity index (χ0) is 21.0. The van der Waals surface area contributed by atoms with E-state index in [1.165, 1.54) is 23.9 Å². The Morgan fingerprint density at radius 1 is 1.41 bits per heavy atom. The van der Waals surface area contributed by atoms with Crippen LogP contribution in [0.15, 0.2) is 34.4 Å². The number of aliphatic imine (C=N–C) groups is 1. The maximum absolute atomic E-state index is 12.8. The van der Waals surface area contributed by atoms with Crippen LogP contribution in [0.4, 0.5) is 18.9 Å². The van der Waals surface area contributed by atoms with Crippen molar-refractivity contribution >= 4 is 68.6 Å². The van der Waals surface area contributed by atoms with Crippen LogP contribution in [0.3, 0.4) is 0 Å². The van der Waals surface area contributed by atoms with Crippen LogP contribution in [0.25, 0.3) is 0 Å². The average molecular weight is 462 g/mol. The molecule has 0 aromatic heterocycles. The number of hydrogen-bond acceptors (Lipinski definition) is 7. The summed E-state index contributed by atoms with van der Waals surface area (Å²) in [6.07, 6.45) is -4.07. The van der Waals surface area contributed by atoms with Gasteiger partial charge < -0.3 is 10.6 Å². The van der Waals surface area contributed by atoms with Crippen molar-refractivity contribution in [2.75, 3.05) is 11.1 Å². The molecule has 0 spiro atoms. The van der Waals surface area contributed by atoms with Gasteiger partial charge in [0.25, 0.3) is 0 Å². The molecule has 29 heavy (non-hydrogen) atoms. The molecule has 0 radical (unpaired) electrons. The van der Waals surface area contributed by atoms with E-state index >= 15 is 0 Å². The number of nitrogens with one attached hydrogen (secondary N) is 3. The van der Waals surface area contributed by atoms with Crippen LogP contribution in [0.1, 0.15) is 18.4 Å². The van der Waals surface area contributed by atoms with Crippen molar-refractivity contribution in [3.8, 4) is 0 Å². The van der Waals surface area contributed by atoms with Crippen LogP contribution in [-0.4, -0.2) is 38.1 Å². The summed E-state index contributed by atoms with van der Waals surface area (Å²) in [7, 11) is 0. The predicted molar refractivity (Wildman–Crippen MR) is 112 cm³/mol. The van der Waals surface area contributed by atoms with Crippen molar-refractivity contribution in [1.82, 2.24) is 10.7 Å². The molecular formula is C16H14F3N5O2S3. The monoisotopic (exact) mass is 461 g/mol. The number of alkyl halides is 3. The molecule has 0 saturated carbocycles. The minimum Gasteiger partial charge on any atom is -0.326 e. The van der Waals surface area contributed by atoms with Crippen LogP contribution >= 0.6 is 35.7 Å². The highest BCUT2D eigenvalue weighted by Crippen LogP contribution is 2.31. The Bertz CT molecular complexity index is 904. The number of carbonyl (C=O) groups is 2. The molecular weight excluding hydrogens is 447 g/mol. The summed E-state index contributed by atoms with van der Waals surface area (Å²) in [5.74, 6) is 0.381. The van der Waals surface area contributed by atoms with Crippen molar-refractivity contribution in [1.29, 1.82) is 0 Å². The Kier molecular flexibility index (Phi) is 6.80. The zero-order valence-electron chi connectivity index (χ0n) is 14.6. The number of nitrogens with zero attached hydrogens (tertiary/aromatic N) is 2. The first kappa shape index (κ1) is 21.6. The van der Waals surface area contributed by atoms with Gasteiger partial charge in [-0.2, -0.15) is 13.2 Å². The molecule has 1 atom stereocenters. The molecule has 1 unspecified atom stereocenters. The Balaban J connectivity index is 1.55. The van der Waals surface area contributed by atoms with Crippen LogP contribution < -0.4 is 16.1 Å². The number of benzene rings is 1. The Morgan fingerprint density at radius 3 is 2.93 bits per heavy atom. The third-order valence-electron chi connectivity index (χ3n) is 3.70. The van der Waals surface area contributed by atoms with E-state index in [-0.39, 0.29) is 17.3 Å². The van der Waals surface area contributed by atoms with Gasteiger partial charge in [-0.05, 0) is 18.2 Å². The van der Waals surface area contributed by atoms with Gasteiger partial charge in [-0.15, -0.1) is 5.10 Å². The standard InChI is InChI=1S/C16H14F3N5O2S3/c17-16(18,19)8-2-1-3-9(6-8)20-12(25)7-10-13(26)22-14(29-10)24-23-11-4-5-28-15(27)21-11/h1-3,6,10H,4-5,7H2,(H,20,25)(H,21,23,27)(H,22,24,26). The number of carbonyl (C=O) groups excluding carboxylic acids is 2. The second-order valence-corrected chi connectivity index (χ2v) is 8.80. The molecule has 1 saturated heterocycles. The van der Waals surface area contributed by atoms with E-state index in [0.717, 1.165) is 29.6 Å². The first-order valence-corrected chi connectivity index (χ1v) is 10.5. The molecule has 154 valence electrons. The number of thiocarbonyl (C=S) groups is 1. The van der Waals surface area contributed by atoms with Crippen molar-refractivity contribution in [2.45, 2.75) is 24.3 Å². The SMILES string of the molecule is O=C(CC1S/C(=N/NC2=NC(=S)SCC2)NC1=O)Nc1cccc(C(F)(F)F)c1.